The summed E-state index contributed by atoms with van der Waals surface area (Å²) in [6.45, 7) is 5.35. The number of nitrogens with zero attached hydrogens (tertiary/aromatic N) is 2. The molecule has 5 nitrogen and oxygen atoms in total. The number of rotatable bonds is 8. The van der Waals surface area contributed by atoms with Gasteiger partial charge in [-0.2, -0.15) is 18.2 Å². The summed E-state index contributed by atoms with van der Waals surface area (Å²) in [4.78, 5) is 15.6. The first-order valence-corrected chi connectivity index (χ1v) is 12.1. The summed E-state index contributed by atoms with van der Waals surface area (Å²) in [6, 6.07) is 14.9. The third-order valence-electron chi connectivity index (χ3n) is 6.59. The van der Waals surface area contributed by atoms with Crippen molar-refractivity contribution in [3.05, 3.63) is 83.2 Å². The van der Waals surface area contributed by atoms with Gasteiger partial charge in [-0.1, -0.05) is 61.5 Å². The minimum absolute atomic E-state index is 0.0209. The van der Waals surface area contributed by atoms with Gasteiger partial charge in [-0.3, -0.25) is 4.79 Å². The first-order chi connectivity index (χ1) is 18.0. The number of hydrogen-bond donors (Lipinski definition) is 1. The van der Waals surface area contributed by atoms with Crippen LogP contribution in [0.2, 0.25) is 0 Å². The number of alkyl halides is 3. The Balaban J connectivity index is 1.61. The van der Waals surface area contributed by atoms with Gasteiger partial charge < -0.3 is 9.63 Å². The number of halogens is 4. The van der Waals surface area contributed by atoms with Gasteiger partial charge >= 0.3 is 12.1 Å². The van der Waals surface area contributed by atoms with Gasteiger partial charge in [0.1, 0.15) is 5.82 Å². The molecule has 0 spiro atoms. The SMILES string of the molecule is Cc1ccccc1-c1ccc(-c2nc(-c3ccc(CCC(C(=O)O)C(C)C)c(F)c3)no2)cc1C(F)(F)F. The Hall–Kier alpha value is -4.01. The van der Waals surface area contributed by atoms with Crippen LogP contribution >= 0.6 is 0 Å². The van der Waals surface area contributed by atoms with Crippen LogP contribution in [-0.4, -0.2) is 21.2 Å². The molecule has 0 aliphatic heterocycles. The second-order valence-electron chi connectivity index (χ2n) is 9.53. The zero-order chi connectivity index (χ0) is 27.6. The smallest absolute Gasteiger partial charge is 0.417 e. The highest BCUT2D eigenvalue weighted by molar-refractivity contribution is 5.74. The summed E-state index contributed by atoms with van der Waals surface area (Å²) in [6.07, 6.45) is -4.09. The van der Waals surface area contributed by atoms with Crippen molar-refractivity contribution in [2.24, 2.45) is 11.8 Å². The van der Waals surface area contributed by atoms with E-state index in [1.807, 2.05) is 0 Å². The van der Waals surface area contributed by atoms with Crippen LogP contribution < -0.4 is 0 Å². The third-order valence-corrected chi connectivity index (χ3v) is 6.59. The monoisotopic (exact) mass is 526 g/mol. The highest BCUT2D eigenvalue weighted by Crippen LogP contribution is 2.40. The molecule has 0 fully saturated rings. The lowest BCUT2D eigenvalue weighted by Gasteiger charge is -2.16. The van der Waals surface area contributed by atoms with E-state index < -0.39 is 29.4 Å². The van der Waals surface area contributed by atoms with E-state index in [0.29, 0.717) is 16.7 Å². The number of hydrogen-bond acceptors (Lipinski definition) is 4. The summed E-state index contributed by atoms with van der Waals surface area (Å²) in [5.41, 5.74) is 1.10. The summed E-state index contributed by atoms with van der Waals surface area (Å²) < 4.78 is 61.9. The fraction of sp³-hybridized carbons (Fsp3) is 0.276. The molecule has 0 radical (unpaired) electrons. The van der Waals surface area contributed by atoms with Crippen LogP contribution in [0.5, 0.6) is 0 Å². The Bertz CT molecular complexity index is 1460. The summed E-state index contributed by atoms with van der Waals surface area (Å²) in [7, 11) is 0. The molecule has 38 heavy (non-hydrogen) atoms. The summed E-state index contributed by atoms with van der Waals surface area (Å²) in [5.74, 6) is -2.26. The molecule has 0 amide bonds. The Morgan fingerprint density at radius 1 is 1.00 bits per heavy atom. The van der Waals surface area contributed by atoms with Gasteiger partial charge in [-0.25, -0.2) is 4.39 Å². The van der Waals surface area contributed by atoms with Gasteiger partial charge in [0, 0.05) is 11.1 Å². The van der Waals surface area contributed by atoms with E-state index in [2.05, 4.69) is 10.1 Å². The van der Waals surface area contributed by atoms with E-state index in [1.165, 1.54) is 24.3 Å². The standard InChI is InChI=1S/C29H26F4N2O3/c1-16(2)21(28(36)37)12-10-18-8-9-19(15-25(18)30)26-34-27(38-35-26)20-11-13-23(24(14-20)29(31,32)33)22-7-5-4-6-17(22)3/h4-9,11,13-16,21H,10,12H2,1-3H3,(H,36,37). The molecule has 0 aliphatic carbocycles. The molecule has 198 valence electrons. The van der Waals surface area contributed by atoms with Gasteiger partial charge in [-0.15, -0.1) is 0 Å². The maximum atomic E-state index is 14.8. The van der Waals surface area contributed by atoms with E-state index >= 15 is 0 Å². The molecule has 9 heteroatoms. The Labute approximate surface area is 217 Å². The van der Waals surface area contributed by atoms with E-state index in [-0.39, 0.29) is 47.2 Å². The van der Waals surface area contributed by atoms with Crippen molar-refractivity contribution >= 4 is 5.97 Å². The molecule has 0 aliphatic rings. The minimum atomic E-state index is -4.62. The molecule has 0 bridgehead atoms. The fourth-order valence-electron chi connectivity index (χ4n) is 4.42. The number of aryl methyl sites for hydroxylation is 2. The van der Waals surface area contributed by atoms with Gasteiger partial charge in [0.25, 0.3) is 5.89 Å². The number of benzene rings is 3. The van der Waals surface area contributed by atoms with Gasteiger partial charge in [0.15, 0.2) is 0 Å². The van der Waals surface area contributed by atoms with Crippen molar-refractivity contribution in [3.8, 4) is 34.0 Å². The Morgan fingerprint density at radius 3 is 2.34 bits per heavy atom. The topological polar surface area (TPSA) is 76.2 Å². The average molecular weight is 527 g/mol. The van der Waals surface area contributed by atoms with Gasteiger partial charge in [-0.05, 0) is 66.1 Å². The molecular weight excluding hydrogens is 500 g/mol. The third kappa shape index (κ3) is 5.77. The van der Waals surface area contributed by atoms with E-state index in [9.17, 15) is 27.5 Å². The van der Waals surface area contributed by atoms with Crippen molar-refractivity contribution < 1.29 is 32.0 Å². The maximum absolute atomic E-state index is 14.8. The molecule has 1 heterocycles. The first-order valence-electron chi connectivity index (χ1n) is 12.1. The van der Waals surface area contributed by atoms with Crippen LogP contribution in [-0.2, 0) is 17.4 Å². The quantitative estimate of drug-likeness (QED) is 0.237. The Morgan fingerprint density at radius 2 is 1.71 bits per heavy atom. The molecule has 0 saturated carbocycles. The second kappa shape index (κ2) is 10.8. The van der Waals surface area contributed by atoms with Crippen LogP contribution in [0.4, 0.5) is 17.6 Å². The molecule has 1 aromatic heterocycles. The molecule has 4 aromatic rings. The largest absolute Gasteiger partial charge is 0.481 e. The number of carbonyl (C=O) groups is 1. The van der Waals surface area contributed by atoms with Crippen LogP contribution in [0, 0.1) is 24.6 Å². The Kier molecular flexibility index (Phi) is 7.66. The number of carboxylic acid groups (broad SMARTS) is 1. The predicted octanol–water partition coefficient (Wildman–Crippen LogP) is 7.83. The van der Waals surface area contributed by atoms with Crippen molar-refractivity contribution in [2.75, 3.05) is 0 Å². The van der Waals surface area contributed by atoms with Crippen molar-refractivity contribution in [2.45, 2.75) is 39.8 Å². The number of aromatic nitrogens is 2. The maximum Gasteiger partial charge on any atom is 0.417 e. The van der Waals surface area contributed by atoms with Gasteiger partial charge in [0.05, 0.1) is 11.5 Å². The van der Waals surface area contributed by atoms with Gasteiger partial charge in [0.2, 0.25) is 5.82 Å². The highest BCUT2D eigenvalue weighted by atomic mass is 19.4. The lowest BCUT2D eigenvalue weighted by molar-refractivity contribution is -0.143. The second-order valence-corrected chi connectivity index (χ2v) is 9.53. The first kappa shape index (κ1) is 27.0. The summed E-state index contributed by atoms with van der Waals surface area (Å²) >= 11 is 0. The number of carboxylic acids is 1. The fourth-order valence-corrected chi connectivity index (χ4v) is 4.42. The molecule has 3 aromatic carbocycles. The molecular formula is C29H26F4N2O3. The number of aliphatic carboxylic acids is 1. The molecule has 4 rings (SSSR count). The van der Waals surface area contributed by atoms with Crippen molar-refractivity contribution in [1.29, 1.82) is 0 Å². The average Bonchev–Trinajstić information content (AvgIpc) is 3.34. The summed E-state index contributed by atoms with van der Waals surface area (Å²) in [5, 5.41) is 13.2. The van der Waals surface area contributed by atoms with Crippen LogP contribution in [0.25, 0.3) is 34.0 Å². The van der Waals surface area contributed by atoms with E-state index in [1.54, 1.807) is 51.1 Å². The van der Waals surface area contributed by atoms with Crippen molar-refractivity contribution in [1.82, 2.24) is 10.1 Å². The van der Waals surface area contributed by atoms with Crippen LogP contribution in [0.15, 0.2) is 65.2 Å². The van der Waals surface area contributed by atoms with Crippen LogP contribution in [0.3, 0.4) is 0 Å². The lowest BCUT2D eigenvalue weighted by Crippen LogP contribution is -2.20. The highest BCUT2D eigenvalue weighted by Gasteiger charge is 2.35. The molecule has 0 saturated heterocycles. The normalized spacial score (nSPS) is 12.6. The molecule has 1 unspecified atom stereocenters. The van der Waals surface area contributed by atoms with Crippen molar-refractivity contribution in [3.63, 3.8) is 0 Å². The van der Waals surface area contributed by atoms with E-state index in [4.69, 9.17) is 4.52 Å². The molecule has 1 atom stereocenters. The zero-order valence-electron chi connectivity index (χ0n) is 21.0. The predicted molar refractivity (Wildman–Crippen MR) is 135 cm³/mol. The lowest BCUT2D eigenvalue weighted by atomic mass is 9.89. The van der Waals surface area contributed by atoms with Crippen LogP contribution in [0.1, 0.15) is 37.0 Å². The minimum Gasteiger partial charge on any atom is -0.481 e. The molecule has 1 N–H and O–H groups in total. The van der Waals surface area contributed by atoms with E-state index in [0.717, 1.165) is 6.07 Å². The zero-order valence-corrected chi connectivity index (χ0v) is 21.0.